The molecule has 0 unspecified atom stereocenters. The second-order valence-electron chi connectivity index (χ2n) is 3.62. The lowest BCUT2D eigenvalue weighted by atomic mass is 10.1. The molecule has 0 amide bonds. The van der Waals surface area contributed by atoms with Gasteiger partial charge in [-0.15, -0.1) is 0 Å². The molecule has 1 aromatic heterocycles. The van der Waals surface area contributed by atoms with Crippen LogP contribution in [-0.2, 0) is 6.54 Å². The number of nitrogens with one attached hydrogen (secondary N) is 1. The molecule has 0 bridgehead atoms. The largest absolute Gasteiger partial charge is 0.379 e. The fourth-order valence-corrected chi connectivity index (χ4v) is 1.91. The van der Waals surface area contributed by atoms with E-state index in [1.54, 1.807) is 6.20 Å². The van der Waals surface area contributed by atoms with Gasteiger partial charge in [-0.1, -0.05) is 24.3 Å². The van der Waals surface area contributed by atoms with Crippen LogP contribution < -0.4 is 5.32 Å². The highest BCUT2D eigenvalue weighted by atomic mass is 79.9. The lowest BCUT2D eigenvalue weighted by Gasteiger charge is -2.09. The summed E-state index contributed by atoms with van der Waals surface area (Å²) < 4.78 is 0.851. The number of hydrogen-bond donors (Lipinski definition) is 1. The molecule has 2 rings (SSSR count). The van der Waals surface area contributed by atoms with Gasteiger partial charge in [0.15, 0.2) is 0 Å². The van der Waals surface area contributed by atoms with Crippen LogP contribution in [0.15, 0.2) is 47.2 Å². The molecule has 2 nitrogen and oxygen atoms in total. The van der Waals surface area contributed by atoms with Gasteiger partial charge >= 0.3 is 0 Å². The van der Waals surface area contributed by atoms with Gasteiger partial charge < -0.3 is 5.32 Å². The summed E-state index contributed by atoms with van der Waals surface area (Å²) in [5.41, 5.74) is 3.62. The van der Waals surface area contributed by atoms with E-state index < -0.39 is 0 Å². The summed E-state index contributed by atoms with van der Waals surface area (Å²) in [5, 5.41) is 3.36. The minimum Gasteiger partial charge on any atom is -0.379 e. The first kappa shape index (κ1) is 11.1. The lowest BCUT2D eigenvalue weighted by Crippen LogP contribution is -2.02. The summed E-state index contributed by atoms with van der Waals surface area (Å²) in [7, 11) is 0. The number of pyridine rings is 1. The van der Waals surface area contributed by atoms with Crippen LogP contribution >= 0.6 is 15.9 Å². The average Bonchev–Trinajstić information content (AvgIpc) is 2.30. The van der Waals surface area contributed by atoms with E-state index >= 15 is 0 Å². The molecule has 0 spiro atoms. The average molecular weight is 277 g/mol. The van der Waals surface area contributed by atoms with Crippen LogP contribution in [0.2, 0.25) is 0 Å². The quantitative estimate of drug-likeness (QED) is 0.864. The Morgan fingerprint density at radius 3 is 2.75 bits per heavy atom. The Morgan fingerprint density at radius 2 is 2.00 bits per heavy atom. The molecule has 0 aliphatic rings. The van der Waals surface area contributed by atoms with E-state index in [0.29, 0.717) is 0 Å². The Kier molecular flexibility index (Phi) is 3.57. The van der Waals surface area contributed by atoms with Crippen molar-refractivity contribution in [1.82, 2.24) is 4.98 Å². The van der Waals surface area contributed by atoms with Crippen LogP contribution in [-0.4, -0.2) is 4.98 Å². The second kappa shape index (κ2) is 5.12. The van der Waals surface area contributed by atoms with Gasteiger partial charge in [0.25, 0.3) is 0 Å². The first-order valence-corrected chi connectivity index (χ1v) is 5.95. The molecule has 0 radical (unpaired) electrons. The van der Waals surface area contributed by atoms with Crippen molar-refractivity contribution >= 4 is 21.6 Å². The number of halogens is 1. The number of rotatable bonds is 3. The van der Waals surface area contributed by atoms with Gasteiger partial charge in [-0.25, -0.2) is 4.98 Å². The normalized spacial score (nSPS) is 10.1. The van der Waals surface area contributed by atoms with Gasteiger partial charge in [-0.2, -0.15) is 0 Å². The summed E-state index contributed by atoms with van der Waals surface area (Å²) >= 11 is 3.41. The molecule has 0 aliphatic heterocycles. The van der Waals surface area contributed by atoms with Gasteiger partial charge in [0.05, 0.1) is 5.69 Å². The molecular weight excluding hydrogens is 264 g/mol. The van der Waals surface area contributed by atoms with E-state index in [1.165, 1.54) is 11.1 Å². The van der Waals surface area contributed by atoms with Gasteiger partial charge in [0.2, 0.25) is 0 Å². The van der Waals surface area contributed by atoms with E-state index in [0.717, 1.165) is 16.8 Å². The third kappa shape index (κ3) is 2.61. The predicted molar refractivity (Wildman–Crippen MR) is 70.4 cm³/mol. The molecule has 0 fully saturated rings. The molecular formula is C13H13BrN2. The monoisotopic (exact) mass is 276 g/mol. The lowest BCUT2D eigenvalue weighted by molar-refractivity contribution is 1.10. The van der Waals surface area contributed by atoms with Crippen LogP contribution in [0, 0.1) is 6.92 Å². The van der Waals surface area contributed by atoms with Crippen molar-refractivity contribution in [3.8, 4) is 0 Å². The zero-order chi connectivity index (χ0) is 11.4. The van der Waals surface area contributed by atoms with E-state index in [-0.39, 0.29) is 0 Å². The maximum atomic E-state index is 4.17. The molecule has 0 atom stereocenters. The number of aromatic nitrogens is 1. The smallest absolute Gasteiger partial charge is 0.129 e. The van der Waals surface area contributed by atoms with Crippen molar-refractivity contribution < 1.29 is 0 Å². The van der Waals surface area contributed by atoms with Crippen molar-refractivity contribution in [3.63, 3.8) is 0 Å². The van der Waals surface area contributed by atoms with Gasteiger partial charge in [-0.3, -0.25) is 0 Å². The predicted octanol–water partition coefficient (Wildman–Crippen LogP) is 3.76. The maximum absolute atomic E-state index is 4.17. The standard InChI is InChI=1S/C13H13BrN2/c1-10-5-2-3-6-11(10)9-16-12-7-4-8-15-13(12)14/h2-8,16H,9H2,1H3. The fourth-order valence-electron chi connectivity index (χ4n) is 1.52. The molecule has 1 aromatic carbocycles. The van der Waals surface area contributed by atoms with Gasteiger partial charge in [0.1, 0.15) is 4.60 Å². The van der Waals surface area contributed by atoms with Crippen molar-refractivity contribution in [2.75, 3.05) is 5.32 Å². The minimum absolute atomic E-state index is 0.816. The van der Waals surface area contributed by atoms with Crippen molar-refractivity contribution in [3.05, 3.63) is 58.3 Å². The Labute approximate surface area is 104 Å². The van der Waals surface area contributed by atoms with E-state index in [4.69, 9.17) is 0 Å². The van der Waals surface area contributed by atoms with Gasteiger partial charge in [-0.05, 0) is 46.1 Å². The van der Waals surface area contributed by atoms with Gasteiger partial charge in [0, 0.05) is 12.7 Å². The zero-order valence-electron chi connectivity index (χ0n) is 9.07. The van der Waals surface area contributed by atoms with Crippen LogP contribution in [0.5, 0.6) is 0 Å². The molecule has 0 saturated heterocycles. The van der Waals surface area contributed by atoms with Crippen LogP contribution in [0.1, 0.15) is 11.1 Å². The van der Waals surface area contributed by atoms with Crippen molar-refractivity contribution in [2.45, 2.75) is 13.5 Å². The van der Waals surface area contributed by atoms with E-state index in [9.17, 15) is 0 Å². The first-order chi connectivity index (χ1) is 7.77. The minimum atomic E-state index is 0.816. The highest BCUT2D eigenvalue weighted by Crippen LogP contribution is 2.19. The zero-order valence-corrected chi connectivity index (χ0v) is 10.7. The summed E-state index contributed by atoms with van der Waals surface area (Å²) in [5.74, 6) is 0. The summed E-state index contributed by atoms with van der Waals surface area (Å²) in [6, 6.07) is 12.3. The molecule has 0 saturated carbocycles. The molecule has 82 valence electrons. The molecule has 3 heteroatoms. The topological polar surface area (TPSA) is 24.9 Å². The molecule has 0 aliphatic carbocycles. The third-order valence-corrected chi connectivity index (χ3v) is 3.12. The highest BCUT2D eigenvalue weighted by molar-refractivity contribution is 9.10. The number of hydrogen-bond acceptors (Lipinski definition) is 2. The molecule has 16 heavy (non-hydrogen) atoms. The van der Waals surface area contributed by atoms with Crippen LogP contribution in [0.3, 0.4) is 0 Å². The van der Waals surface area contributed by atoms with E-state index in [1.807, 2.05) is 12.1 Å². The number of anilines is 1. The number of nitrogens with zero attached hydrogens (tertiary/aromatic N) is 1. The molecule has 2 aromatic rings. The molecule has 1 heterocycles. The van der Waals surface area contributed by atoms with E-state index in [2.05, 4.69) is 57.4 Å². The van der Waals surface area contributed by atoms with Crippen molar-refractivity contribution in [1.29, 1.82) is 0 Å². The SMILES string of the molecule is Cc1ccccc1CNc1cccnc1Br. The Balaban J connectivity index is 2.09. The Bertz CT molecular complexity index is 437. The third-order valence-electron chi connectivity index (χ3n) is 2.49. The second-order valence-corrected chi connectivity index (χ2v) is 4.37. The summed E-state index contributed by atoms with van der Waals surface area (Å²) in [6.07, 6.45) is 1.77. The maximum Gasteiger partial charge on any atom is 0.129 e. The number of aryl methyl sites for hydroxylation is 1. The van der Waals surface area contributed by atoms with Crippen LogP contribution in [0.4, 0.5) is 5.69 Å². The highest BCUT2D eigenvalue weighted by Gasteiger charge is 2.00. The summed E-state index contributed by atoms with van der Waals surface area (Å²) in [4.78, 5) is 4.17. The Morgan fingerprint density at radius 1 is 1.19 bits per heavy atom. The first-order valence-electron chi connectivity index (χ1n) is 5.16. The molecule has 1 N–H and O–H groups in total. The van der Waals surface area contributed by atoms with Crippen molar-refractivity contribution in [2.24, 2.45) is 0 Å². The fraction of sp³-hybridized carbons (Fsp3) is 0.154. The Hall–Kier alpha value is -1.35. The van der Waals surface area contributed by atoms with Crippen LogP contribution in [0.25, 0.3) is 0 Å². The number of benzene rings is 1. The summed E-state index contributed by atoms with van der Waals surface area (Å²) in [6.45, 7) is 2.94.